The number of ether oxygens (including phenoxy) is 1. The maximum absolute atomic E-state index is 13.4. The number of benzene rings is 2. The van der Waals surface area contributed by atoms with E-state index in [-0.39, 0.29) is 0 Å². The fourth-order valence-electron chi connectivity index (χ4n) is 4.55. The van der Waals surface area contributed by atoms with E-state index in [4.69, 9.17) is 4.74 Å². The zero-order chi connectivity index (χ0) is 27.4. The number of rotatable bonds is 9. The number of carbonyl (C=O) groups is 2. The first-order valence-corrected chi connectivity index (χ1v) is 12.8. The average molecular weight is 519 g/mol. The smallest absolute Gasteiger partial charge is 0.298 e. The predicted octanol–water partition coefficient (Wildman–Crippen LogP) is 5.95. The third-order valence-electron chi connectivity index (χ3n) is 6.47. The van der Waals surface area contributed by atoms with Crippen LogP contribution in [0.25, 0.3) is 16.6 Å². The van der Waals surface area contributed by atoms with Crippen molar-refractivity contribution >= 4 is 28.7 Å². The molecule has 0 fully saturated rings. The molecule has 7 heteroatoms. The van der Waals surface area contributed by atoms with Crippen molar-refractivity contribution in [1.29, 1.82) is 0 Å². The van der Waals surface area contributed by atoms with Crippen LogP contribution in [0.15, 0.2) is 97.2 Å². The molecular formula is C32H30N4O3. The lowest BCUT2D eigenvalue weighted by atomic mass is 10.0. The normalized spacial score (nSPS) is 10.8. The van der Waals surface area contributed by atoms with Crippen molar-refractivity contribution in [2.45, 2.75) is 13.8 Å². The van der Waals surface area contributed by atoms with Crippen LogP contribution in [0.2, 0.25) is 0 Å². The van der Waals surface area contributed by atoms with Gasteiger partial charge in [0.15, 0.2) is 0 Å². The summed E-state index contributed by atoms with van der Waals surface area (Å²) in [5.41, 5.74) is 5.42. The molecule has 7 nitrogen and oxygen atoms in total. The Kier molecular flexibility index (Phi) is 7.41. The molecule has 2 aromatic carbocycles. The van der Waals surface area contributed by atoms with Gasteiger partial charge in [-0.2, -0.15) is 0 Å². The summed E-state index contributed by atoms with van der Waals surface area (Å²) >= 11 is 0. The van der Waals surface area contributed by atoms with Gasteiger partial charge in [0.2, 0.25) is 0 Å². The zero-order valence-corrected chi connectivity index (χ0v) is 22.2. The van der Waals surface area contributed by atoms with Crippen LogP contribution in [0.1, 0.15) is 21.7 Å². The fourth-order valence-corrected chi connectivity index (χ4v) is 4.55. The van der Waals surface area contributed by atoms with Crippen molar-refractivity contribution in [3.8, 4) is 16.9 Å². The van der Waals surface area contributed by atoms with Crippen molar-refractivity contribution in [1.82, 2.24) is 9.38 Å². The lowest BCUT2D eigenvalue weighted by molar-refractivity contribution is -0.112. The van der Waals surface area contributed by atoms with Gasteiger partial charge in [0, 0.05) is 35.7 Å². The Morgan fingerprint density at radius 1 is 0.923 bits per heavy atom. The molecule has 196 valence electrons. The van der Waals surface area contributed by atoms with Gasteiger partial charge < -0.3 is 19.4 Å². The molecule has 1 N–H and O–H groups in total. The minimum absolute atomic E-state index is 0.330. The third-order valence-corrected chi connectivity index (χ3v) is 6.47. The summed E-state index contributed by atoms with van der Waals surface area (Å²) < 4.78 is 7.64. The van der Waals surface area contributed by atoms with Crippen LogP contribution in [0, 0.1) is 13.8 Å². The summed E-state index contributed by atoms with van der Waals surface area (Å²) in [7, 11) is 1.98. The Labute approximate surface area is 227 Å². The number of aromatic nitrogens is 2. The largest absolute Gasteiger partial charge is 0.492 e. The van der Waals surface area contributed by atoms with E-state index in [0.717, 1.165) is 22.6 Å². The molecule has 5 aromatic rings. The van der Waals surface area contributed by atoms with E-state index in [9.17, 15) is 9.59 Å². The third kappa shape index (κ3) is 5.83. The number of anilines is 2. The van der Waals surface area contributed by atoms with Crippen molar-refractivity contribution in [2.75, 3.05) is 30.4 Å². The van der Waals surface area contributed by atoms with Gasteiger partial charge in [0.25, 0.3) is 11.7 Å². The van der Waals surface area contributed by atoms with E-state index in [1.165, 1.54) is 5.56 Å². The monoisotopic (exact) mass is 518 g/mol. The minimum atomic E-state index is -0.702. The Bertz CT molecular complexity index is 1600. The molecule has 3 aromatic heterocycles. The van der Waals surface area contributed by atoms with Gasteiger partial charge in [0.1, 0.15) is 23.9 Å². The second-order valence-corrected chi connectivity index (χ2v) is 9.49. The summed E-state index contributed by atoms with van der Waals surface area (Å²) in [5, 5.41) is 2.73. The molecule has 0 aliphatic carbocycles. The number of ketones is 1. The lowest BCUT2D eigenvalue weighted by Crippen LogP contribution is -2.25. The van der Waals surface area contributed by atoms with Crippen LogP contribution in [0.3, 0.4) is 0 Å². The van der Waals surface area contributed by atoms with Gasteiger partial charge in [-0.05, 0) is 79.6 Å². The number of Topliss-reactive ketones (excluding diaryl/α,β-unsaturated/α-hetero) is 1. The highest BCUT2D eigenvalue weighted by Crippen LogP contribution is 2.28. The summed E-state index contributed by atoms with van der Waals surface area (Å²) in [4.78, 5) is 33.0. The number of pyridine rings is 2. The number of carbonyl (C=O) groups excluding carboxylic acids is 2. The second-order valence-electron chi connectivity index (χ2n) is 9.49. The predicted molar refractivity (Wildman–Crippen MR) is 155 cm³/mol. The van der Waals surface area contributed by atoms with Crippen LogP contribution < -0.4 is 15.0 Å². The summed E-state index contributed by atoms with van der Waals surface area (Å²) in [6.07, 6.45) is 1.79. The van der Waals surface area contributed by atoms with Gasteiger partial charge in [-0.25, -0.2) is 4.98 Å². The molecule has 0 saturated carbocycles. The van der Waals surface area contributed by atoms with Crippen LogP contribution in [0.4, 0.5) is 11.5 Å². The van der Waals surface area contributed by atoms with E-state index in [2.05, 4.69) is 22.1 Å². The van der Waals surface area contributed by atoms with Crippen LogP contribution in [0.5, 0.6) is 5.75 Å². The first-order chi connectivity index (χ1) is 18.9. The highest BCUT2D eigenvalue weighted by molar-refractivity contribution is 6.47. The molecule has 0 aliphatic rings. The van der Waals surface area contributed by atoms with E-state index in [1.54, 1.807) is 34.9 Å². The molecule has 0 aliphatic heterocycles. The van der Waals surface area contributed by atoms with E-state index in [0.29, 0.717) is 35.8 Å². The van der Waals surface area contributed by atoms with Crippen molar-refractivity contribution in [3.05, 3.63) is 114 Å². The van der Waals surface area contributed by atoms with Gasteiger partial charge in [-0.1, -0.05) is 36.4 Å². The number of fused-ring (bicyclic) bond motifs is 1. The first kappa shape index (κ1) is 25.7. The molecule has 0 unspecified atom stereocenters. The number of amides is 1. The topological polar surface area (TPSA) is 75.9 Å². The van der Waals surface area contributed by atoms with Crippen LogP contribution in [-0.4, -0.2) is 41.3 Å². The highest BCUT2D eigenvalue weighted by Gasteiger charge is 2.24. The average Bonchev–Trinajstić information content (AvgIpc) is 3.33. The lowest BCUT2D eigenvalue weighted by Gasteiger charge is -2.19. The molecule has 1 amide bonds. The summed E-state index contributed by atoms with van der Waals surface area (Å²) in [6.45, 7) is 5.17. The molecule has 0 saturated heterocycles. The second kappa shape index (κ2) is 11.2. The molecule has 0 atom stereocenters. The Morgan fingerprint density at radius 3 is 2.41 bits per heavy atom. The molecule has 0 radical (unpaired) electrons. The van der Waals surface area contributed by atoms with Crippen molar-refractivity contribution < 1.29 is 14.3 Å². The number of hydrogen-bond donors (Lipinski definition) is 1. The van der Waals surface area contributed by atoms with E-state index < -0.39 is 11.7 Å². The van der Waals surface area contributed by atoms with Gasteiger partial charge in [0.05, 0.1) is 6.54 Å². The number of hydrogen-bond acceptors (Lipinski definition) is 5. The van der Waals surface area contributed by atoms with Gasteiger partial charge >= 0.3 is 0 Å². The minimum Gasteiger partial charge on any atom is -0.492 e. The molecule has 3 heterocycles. The first-order valence-electron chi connectivity index (χ1n) is 12.8. The van der Waals surface area contributed by atoms with Crippen molar-refractivity contribution in [2.24, 2.45) is 0 Å². The Hall–Kier alpha value is -4.91. The fraction of sp³-hybridized carbons (Fsp3) is 0.156. The maximum Gasteiger partial charge on any atom is 0.298 e. The molecular weight excluding hydrogens is 488 g/mol. The standard InChI is InChI=1S/C32H30N4O3/c1-22-19-23(2)33-29(20-22)35(3)17-18-39-27-14-12-25(13-15-27)34-32(38)31(37)30-28(24-9-5-4-6-10-24)21-26-11-7-8-16-36(26)30/h4-16,19-21H,17-18H2,1-3H3,(H,34,38). The van der Waals surface area contributed by atoms with Gasteiger partial charge in [-0.3, -0.25) is 9.59 Å². The SMILES string of the molecule is Cc1cc(C)nc(N(C)CCOc2ccc(NC(=O)C(=O)c3c(-c4ccccc4)cc4ccccn34)cc2)c1. The van der Waals surface area contributed by atoms with Crippen LogP contribution >= 0.6 is 0 Å². The molecule has 39 heavy (non-hydrogen) atoms. The maximum atomic E-state index is 13.4. The summed E-state index contributed by atoms with van der Waals surface area (Å²) in [5.74, 6) is 0.269. The number of nitrogens with one attached hydrogen (secondary N) is 1. The van der Waals surface area contributed by atoms with E-state index >= 15 is 0 Å². The van der Waals surface area contributed by atoms with E-state index in [1.807, 2.05) is 80.7 Å². The van der Waals surface area contributed by atoms with Crippen LogP contribution in [-0.2, 0) is 4.79 Å². The van der Waals surface area contributed by atoms with Crippen molar-refractivity contribution in [3.63, 3.8) is 0 Å². The highest BCUT2D eigenvalue weighted by atomic mass is 16.5. The Morgan fingerprint density at radius 2 is 1.67 bits per heavy atom. The Balaban J connectivity index is 1.24. The number of likely N-dealkylation sites (N-methyl/N-ethyl adjacent to an activating group) is 1. The van der Waals surface area contributed by atoms with Gasteiger partial charge in [-0.15, -0.1) is 0 Å². The quantitative estimate of drug-likeness (QED) is 0.193. The number of aryl methyl sites for hydroxylation is 2. The molecule has 0 spiro atoms. The number of nitrogens with zero attached hydrogens (tertiary/aromatic N) is 3. The molecule has 5 rings (SSSR count). The zero-order valence-electron chi connectivity index (χ0n) is 22.2. The molecule has 0 bridgehead atoms. The summed E-state index contributed by atoms with van der Waals surface area (Å²) in [6, 6.07) is 28.3.